The standard InChI is InChI=1S/C13H16N2O2/c1-8(2)9(3)13-14-12(15-17-13)10-5-4-6-11(16)7-10/h4-9,16H,1-3H3. The predicted molar refractivity (Wildman–Crippen MR) is 64.7 cm³/mol. The first-order chi connectivity index (χ1) is 8.08. The lowest BCUT2D eigenvalue weighted by atomic mass is 9.98. The molecule has 4 nitrogen and oxygen atoms in total. The third kappa shape index (κ3) is 2.46. The van der Waals surface area contributed by atoms with E-state index in [4.69, 9.17) is 4.52 Å². The van der Waals surface area contributed by atoms with Gasteiger partial charge in [-0.2, -0.15) is 4.98 Å². The van der Waals surface area contributed by atoms with Crippen LogP contribution < -0.4 is 0 Å². The number of hydrogen-bond donors (Lipinski definition) is 1. The Hall–Kier alpha value is -1.84. The Bertz CT molecular complexity index is 506. The number of benzene rings is 1. The molecule has 0 radical (unpaired) electrons. The molecule has 1 aromatic heterocycles. The minimum absolute atomic E-state index is 0.200. The molecule has 90 valence electrons. The van der Waals surface area contributed by atoms with Crippen LogP contribution in [0.1, 0.15) is 32.6 Å². The van der Waals surface area contributed by atoms with Crippen LogP contribution in [0.15, 0.2) is 28.8 Å². The van der Waals surface area contributed by atoms with Crippen molar-refractivity contribution in [2.24, 2.45) is 5.92 Å². The number of nitrogens with zero attached hydrogens (tertiary/aromatic N) is 2. The van der Waals surface area contributed by atoms with E-state index in [0.717, 1.165) is 5.56 Å². The second kappa shape index (κ2) is 4.57. The van der Waals surface area contributed by atoms with Gasteiger partial charge in [0.2, 0.25) is 11.7 Å². The minimum atomic E-state index is 0.200. The van der Waals surface area contributed by atoms with E-state index in [-0.39, 0.29) is 11.7 Å². The summed E-state index contributed by atoms with van der Waals surface area (Å²) in [7, 11) is 0. The molecule has 0 aliphatic rings. The topological polar surface area (TPSA) is 59.2 Å². The van der Waals surface area contributed by atoms with Gasteiger partial charge < -0.3 is 9.63 Å². The highest BCUT2D eigenvalue weighted by molar-refractivity contribution is 5.56. The molecule has 0 saturated heterocycles. The molecule has 1 atom stereocenters. The summed E-state index contributed by atoms with van der Waals surface area (Å²) in [5.74, 6) is 2.04. The van der Waals surface area contributed by atoms with Crippen LogP contribution in [-0.4, -0.2) is 15.2 Å². The lowest BCUT2D eigenvalue weighted by molar-refractivity contribution is 0.332. The quantitative estimate of drug-likeness (QED) is 0.882. The van der Waals surface area contributed by atoms with Crippen molar-refractivity contribution in [1.82, 2.24) is 10.1 Å². The molecule has 1 aromatic carbocycles. The average molecular weight is 232 g/mol. The van der Waals surface area contributed by atoms with E-state index in [0.29, 0.717) is 17.6 Å². The van der Waals surface area contributed by atoms with Gasteiger partial charge in [-0.25, -0.2) is 0 Å². The van der Waals surface area contributed by atoms with Gasteiger partial charge in [-0.1, -0.05) is 38.1 Å². The molecule has 0 aliphatic carbocycles. The van der Waals surface area contributed by atoms with Crippen molar-refractivity contribution in [3.05, 3.63) is 30.2 Å². The van der Waals surface area contributed by atoms with Crippen molar-refractivity contribution in [3.63, 3.8) is 0 Å². The number of phenolic OH excluding ortho intramolecular Hbond substituents is 1. The van der Waals surface area contributed by atoms with Gasteiger partial charge in [0.05, 0.1) is 0 Å². The lowest BCUT2D eigenvalue weighted by Crippen LogP contribution is -2.02. The third-order valence-electron chi connectivity index (χ3n) is 2.94. The molecule has 0 saturated carbocycles. The maximum atomic E-state index is 9.39. The number of hydrogen-bond acceptors (Lipinski definition) is 4. The summed E-state index contributed by atoms with van der Waals surface area (Å²) in [4.78, 5) is 4.35. The average Bonchev–Trinajstić information content (AvgIpc) is 2.77. The molecule has 1 N–H and O–H groups in total. The van der Waals surface area contributed by atoms with E-state index in [1.165, 1.54) is 0 Å². The molecule has 2 rings (SSSR count). The summed E-state index contributed by atoms with van der Waals surface area (Å²) in [5.41, 5.74) is 0.760. The minimum Gasteiger partial charge on any atom is -0.508 e. The molecule has 2 aromatic rings. The summed E-state index contributed by atoms with van der Waals surface area (Å²) in [6.07, 6.45) is 0. The molecular weight excluding hydrogens is 216 g/mol. The molecule has 1 heterocycles. The number of aromatic nitrogens is 2. The van der Waals surface area contributed by atoms with E-state index in [2.05, 4.69) is 30.9 Å². The molecule has 17 heavy (non-hydrogen) atoms. The maximum absolute atomic E-state index is 9.39. The zero-order valence-corrected chi connectivity index (χ0v) is 10.2. The smallest absolute Gasteiger partial charge is 0.230 e. The zero-order chi connectivity index (χ0) is 12.4. The van der Waals surface area contributed by atoms with Gasteiger partial charge >= 0.3 is 0 Å². The van der Waals surface area contributed by atoms with Gasteiger partial charge in [0.1, 0.15) is 5.75 Å². The summed E-state index contributed by atoms with van der Waals surface area (Å²) in [6.45, 7) is 6.29. The van der Waals surface area contributed by atoms with E-state index in [1.54, 1.807) is 18.2 Å². The highest BCUT2D eigenvalue weighted by Gasteiger charge is 2.18. The van der Waals surface area contributed by atoms with Crippen LogP contribution in [0, 0.1) is 5.92 Å². The summed E-state index contributed by atoms with van der Waals surface area (Å²) in [5, 5.41) is 13.3. The summed E-state index contributed by atoms with van der Waals surface area (Å²) in [6, 6.07) is 6.83. The van der Waals surface area contributed by atoms with Crippen molar-refractivity contribution in [1.29, 1.82) is 0 Å². The fourth-order valence-electron chi connectivity index (χ4n) is 1.47. The van der Waals surface area contributed by atoms with Crippen LogP contribution in [0.2, 0.25) is 0 Å². The van der Waals surface area contributed by atoms with Crippen LogP contribution in [0.5, 0.6) is 5.75 Å². The highest BCUT2D eigenvalue weighted by atomic mass is 16.5. The SMILES string of the molecule is CC(C)C(C)c1nc(-c2cccc(O)c2)no1. The van der Waals surface area contributed by atoms with Gasteiger partial charge in [-0.05, 0) is 18.1 Å². The fraction of sp³-hybridized carbons (Fsp3) is 0.385. The second-order valence-electron chi connectivity index (χ2n) is 4.54. The van der Waals surface area contributed by atoms with E-state index in [9.17, 15) is 5.11 Å². The molecule has 0 spiro atoms. The Kier molecular flexibility index (Phi) is 3.13. The molecule has 1 unspecified atom stereocenters. The Morgan fingerprint density at radius 1 is 1.24 bits per heavy atom. The highest BCUT2D eigenvalue weighted by Crippen LogP contribution is 2.25. The maximum Gasteiger partial charge on any atom is 0.230 e. The molecule has 0 bridgehead atoms. The Morgan fingerprint density at radius 2 is 2.00 bits per heavy atom. The fourth-order valence-corrected chi connectivity index (χ4v) is 1.47. The van der Waals surface area contributed by atoms with E-state index < -0.39 is 0 Å². The van der Waals surface area contributed by atoms with Crippen LogP contribution in [-0.2, 0) is 0 Å². The van der Waals surface area contributed by atoms with Gasteiger partial charge in [0, 0.05) is 11.5 Å². The zero-order valence-electron chi connectivity index (χ0n) is 10.2. The van der Waals surface area contributed by atoms with Crippen molar-refractivity contribution in [2.45, 2.75) is 26.7 Å². The number of aromatic hydroxyl groups is 1. The molecule has 0 fully saturated rings. The summed E-state index contributed by atoms with van der Waals surface area (Å²) >= 11 is 0. The second-order valence-corrected chi connectivity index (χ2v) is 4.54. The Morgan fingerprint density at radius 3 is 2.65 bits per heavy atom. The van der Waals surface area contributed by atoms with Crippen molar-refractivity contribution < 1.29 is 9.63 Å². The summed E-state index contributed by atoms with van der Waals surface area (Å²) < 4.78 is 5.24. The van der Waals surface area contributed by atoms with E-state index in [1.807, 2.05) is 6.07 Å². The molecule has 0 amide bonds. The first-order valence-corrected chi connectivity index (χ1v) is 5.71. The predicted octanol–water partition coefficient (Wildman–Crippen LogP) is 3.20. The Balaban J connectivity index is 2.30. The Labute approximate surface area is 100 Å². The van der Waals surface area contributed by atoms with Crippen LogP contribution >= 0.6 is 0 Å². The lowest BCUT2D eigenvalue weighted by Gasteiger charge is -2.08. The monoisotopic (exact) mass is 232 g/mol. The third-order valence-corrected chi connectivity index (χ3v) is 2.94. The van der Waals surface area contributed by atoms with Gasteiger partial charge in [-0.15, -0.1) is 0 Å². The van der Waals surface area contributed by atoms with Gasteiger partial charge in [0.15, 0.2) is 0 Å². The normalized spacial score (nSPS) is 12.9. The van der Waals surface area contributed by atoms with Gasteiger partial charge in [0.25, 0.3) is 0 Å². The first-order valence-electron chi connectivity index (χ1n) is 5.71. The molecular formula is C13H16N2O2. The molecule has 4 heteroatoms. The largest absolute Gasteiger partial charge is 0.508 e. The van der Waals surface area contributed by atoms with Crippen molar-refractivity contribution in [3.8, 4) is 17.1 Å². The van der Waals surface area contributed by atoms with Crippen LogP contribution in [0.3, 0.4) is 0 Å². The number of phenols is 1. The van der Waals surface area contributed by atoms with E-state index >= 15 is 0 Å². The first kappa shape index (κ1) is 11.6. The van der Waals surface area contributed by atoms with Crippen molar-refractivity contribution in [2.75, 3.05) is 0 Å². The van der Waals surface area contributed by atoms with Crippen LogP contribution in [0.4, 0.5) is 0 Å². The molecule has 0 aliphatic heterocycles. The number of rotatable bonds is 3. The van der Waals surface area contributed by atoms with Crippen molar-refractivity contribution >= 4 is 0 Å². The van der Waals surface area contributed by atoms with Crippen LogP contribution in [0.25, 0.3) is 11.4 Å². The van der Waals surface area contributed by atoms with Gasteiger partial charge in [-0.3, -0.25) is 0 Å².